The van der Waals surface area contributed by atoms with Gasteiger partial charge in [0.05, 0.1) is 10.6 Å². The highest BCUT2D eigenvalue weighted by atomic mass is 32.2. The number of nitrogens with zero attached hydrogens (tertiary/aromatic N) is 2. The Morgan fingerprint density at radius 1 is 0.897 bits per heavy atom. The molecule has 8 heteroatoms. The first-order chi connectivity index (χ1) is 18.8. The zero-order valence-electron chi connectivity index (χ0n) is 22.6. The average molecular weight is 548 g/mol. The van der Waals surface area contributed by atoms with Gasteiger partial charge in [0.15, 0.2) is 0 Å². The largest absolute Gasteiger partial charge is 0.352 e. The minimum atomic E-state index is -4.05. The van der Waals surface area contributed by atoms with E-state index in [1.165, 1.54) is 12.1 Å². The molecule has 1 N–H and O–H groups in total. The third-order valence-corrected chi connectivity index (χ3v) is 9.13. The Balaban J connectivity index is 1.69. The lowest BCUT2D eigenvalue weighted by Gasteiger charge is -2.34. The van der Waals surface area contributed by atoms with E-state index in [1.54, 1.807) is 53.4 Å². The second kappa shape index (κ2) is 12.9. The molecule has 0 unspecified atom stereocenters. The second-order valence-electron chi connectivity index (χ2n) is 10.0. The molecule has 0 spiro atoms. The van der Waals surface area contributed by atoms with Gasteiger partial charge < -0.3 is 10.2 Å². The van der Waals surface area contributed by atoms with Crippen molar-refractivity contribution in [3.05, 3.63) is 96.1 Å². The van der Waals surface area contributed by atoms with Gasteiger partial charge in [-0.05, 0) is 61.6 Å². The summed E-state index contributed by atoms with van der Waals surface area (Å²) in [7, 11) is -4.05. The highest BCUT2D eigenvalue weighted by Crippen LogP contribution is 2.25. The fraction of sp³-hybridized carbons (Fsp3) is 0.355. The summed E-state index contributed by atoms with van der Waals surface area (Å²) < 4.78 is 28.7. The molecule has 2 amide bonds. The van der Waals surface area contributed by atoms with Crippen molar-refractivity contribution in [2.24, 2.45) is 0 Å². The van der Waals surface area contributed by atoms with Crippen molar-refractivity contribution >= 4 is 27.5 Å². The molecule has 3 aromatic rings. The summed E-state index contributed by atoms with van der Waals surface area (Å²) in [6, 6.07) is 23.8. The molecular weight excluding hydrogens is 510 g/mol. The van der Waals surface area contributed by atoms with Crippen molar-refractivity contribution in [2.45, 2.75) is 69.5 Å². The van der Waals surface area contributed by atoms with E-state index < -0.39 is 28.5 Å². The summed E-state index contributed by atoms with van der Waals surface area (Å²) >= 11 is 0. The minimum Gasteiger partial charge on any atom is -0.352 e. The van der Waals surface area contributed by atoms with E-state index in [9.17, 15) is 18.0 Å². The standard InChI is InChI=1S/C31H37N3O4S/c1-3-29(31(36)32-26-16-12-13-17-26)33(22-25-15-11-10-14-24(25)2)30(35)23-34(27-18-6-4-7-19-27)39(37,38)28-20-8-5-9-21-28/h4-11,14-15,18-21,26,29H,3,12-13,16-17,22-23H2,1-2H3,(H,32,36)/t29-/m0/s1. The quantitative estimate of drug-likeness (QED) is 0.364. The van der Waals surface area contributed by atoms with Crippen molar-refractivity contribution in [1.29, 1.82) is 0 Å². The molecule has 0 saturated heterocycles. The Morgan fingerprint density at radius 3 is 2.10 bits per heavy atom. The maximum Gasteiger partial charge on any atom is 0.264 e. The summed E-state index contributed by atoms with van der Waals surface area (Å²) in [4.78, 5) is 29.2. The summed E-state index contributed by atoms with van der Waals surface area (Å²) in [6.07, 6.45) is 4.44. The molecule has 1 fully saturated rings. The smallest absolute Gasteiger partial charge is 0.264 e. The van der Waals surface area contributed by atoms with Crippen LogP contribution in [-0.4, -0.2) is 43.8 Å². The van der Waals surface area contributed by atoms with Gasteiger partial charge in [0.1, 0.15) is 12.6 Å². The lowest BCUT2D eigenvalue weighted by atomic mass is 10.1. The van der Waals surface area contributed by atoms with Gasteiger partial charge in [0.2, 0.25) is 11.8 Å². The molecule has 1 atom stereocenters. The molecule has 1 saturated carbocycles. The van der Waals surface area contributed by atoms with Gasteiger partial charge in [-0.3, -0.25) is 13.9 Å². The molecule has 206 valence electrons. The maximum absolute atomic E-state index is 14.1. The number of amides is 2. The topological polar surface area (TPSA) is 86.8 Å². The first kappa shape index (κ1) is 28.4. The number of benzene rings is 3. The van der Waals surface area contributed by atoms with Gasteiger partial charge >= 0.3 is 0 Å². The van der Waals surface area contributed by atoms with E-state index in [2.05, 4.69) is 5.32 Å². The van der Waals surface area contributed by atoms with E-state index in [0.717, 1.165) is 41.1 Å². The van der Waals surface area contributed by atoms with Crippen LogP contribution in [0.15, 0.2) is 89.8 Å². The number of para-hydroxylation sites is 1. The lowest BCUT2D eigenvalue weighted by Crippen LogP contribution is -2.53. The van der Waals surface area contributed by atoms with Gasteiger partial charge in [-0.1, -0.05) is 80.4 Å². The van der Waals surface area contributed by atoms with Crippen LogP contribution in [0.2, 0.25) is 0 Å². The maximum atomic E-state index is 14.1. The molecule has 0 bridgehead atoms. The van der Waals surface area contributed by atoms with E-state index in [4.69, 9.17) is 0 Å². The Labute approximate surface area is 231 Å². The SMILES string of the molecule is CC[C@@H](C(=O)NC1CCCC1)N(Cc1ccccc1C)C(=O)CN(c1ccccc1)S(=O)(=O)c1ccccc1. The van der Waals surface area contributed by atoms with Crippen molar-refractivity contribution in [3.63, 3.8) is 0 Å². The third-order valence-electron chi connectivity index (χ3n) is 7.34. The highest BCUT2D eigenvalue weighted by molar-refractivity contribution is 7.92. The Morgan fingerprint density at radius 2 is 1.49 bits per heavy atom. The molecule has 0 radical (unpaired) electrons. The van der Waals surface area contributed by atoms with Crippen LogP contribution >= 0.6 is 0 Å². The first-order valence-electron chi connectivity index (χ1n) is 13.6. The summed E-state index contributed by atoms with van der Waals surface area (Å²) in [5.41, 5.74) is 2.29. The zero-order chi connectivity index (χ0) is 27.8. The monoisotopic (exact) mass is 547 g/mol. The molecule has 3 aromatic carbocycles. The number of anilines is 1. The van der Waals surface area contributed by atoms with E-state index in [1.807, 2.05) is 38.1 Å². The predicted molar refractivity (Wildman–Crippen MR) is 154 cm³/mol. The number of rotatable bonds is 11. The van der Waals surface area contributed by atoms with Gasteiger partial charge in [-0.15, -0.1) is 0 Å². The van der Waals surface area contributed by atoms with E-state index in [0.29, 0.717) is 12.1 Å². The molecule has 1 aliphatic carbocycles. The Bertz CT molecular complexity index is 1360. The molecule has 1 aliphatic rings. The van der Waals surface area contributed by atoms with Gasteiger partial charge in [-0.25, -0.2) is 8.42 Å². The number of sulfonamides is 1. The fourth-order valence-electron chi connectivity index (χ4n) is 5.10. The number of hydrogen-bond acceptors (Lipinski definition) is 4. The van der Waals surface area contributed by atoms with Crippen LogP contribution in [-0.2, 0) is 26.2 Å². The number of hydrogen-bond donors (Lipinski definition) is 1. The predicted octanol–water partition coefficient (Wildman–Crippen LogP) is 5.06. The minimum absolute atomic E-state index is 0.0955. The Hall–Kier alpha value is -3.65. The lowest BCUT2D eigenvalue weighted by molar-refractivity contribution is -0.140. The summed E-state index contributed by atoms with van der Waals surface area (Å²) in [5.74, 6) is -0.626. The second-order valence-corrected chi connectivity index (χ2v) is 11.9. The number of carbonyl (C=O) groups is 2. The fourth-order valence-corrected chi connectivity index (χ4v) is 6.54. The third kappa shape index (κ3) is 6.87. The van der Waals surface area contributed by atoms with Crippen LogP contribution in [0.5, 0.6) is 0 Å². The molecule has 7 nitrogen and oxygen atoms in total. The zero-order valence-corrected chi connectivity index (χ0v) is 23.4. The number of aryl methyl sites for hydroxylation is 1. The Kier molecular flexibility index (Phi) is 9.41. The van der Waals surface area contributed by atoms with Crippen LogP contribution in [0.25, 0.3) is 0 Å². The van der Waals surface area contributed by atoms with Crippen molar-refractivity contribution in [1.82, 2.24) is 10.2 Å². The normalized spacial score (nSPS) is 14.5. The summed E-state index contributed by atoms with van der Waals surface area (Å²) in [5, 5.41) is 3.14. The number of nitrogens with one attached hydrogen (secondary N) is 1. The first-order valence-corrected chi connectivity index (χ1v) is 15.0. The van der Waals surface area contributed by atoms with Crippen LogP contribution in [0.4, 0.5) is 5.69 Å². The van der Waals surface area contributed by atoms with Crippen LogP contribution < -0.4 is 9.62 Å². The molecule has 39 heavy (non-hydrogen) atoms. The number of carbonyl (C=O) groups excluding carboxylic acids is 2. The van der Waals surface area contributed by atoms with E-state index in [-0.39, 0.29) is 23.4 Å². The van der Waals surface area contributed by atoms with Gasteiger partial charge in [-0.2, -0.15) is 0 Å². The van der Waals surface area contributed by atoms with Crippen LogP contribution in [0, 0.1) is 6.92 Å². The van der Waals surface area contributed by atoms with E-state index >= 15 is 0 Å². The molecule has 0 aromatic heterocycles. The highest BCUT2D eigenvalue weighted by Gasteiger charge is 2.34. The van der Waals surface area contributed by atoms with Gasteiger partial charge in [0, 0.05) is 12.6 Å². The molecule has 0 heterocycles. The van der Waals surface area contributed by atoms with Crippen molar-refractivity contribution in [3.8, 4) is 0 Å². The molecule has 4 rings (SSSR count). The summed E-state index contributed by atoms with van der Waals surface area (Å²) in [6.45, 7) is 3.62. The van der Waals surface area contributed by atoms with Crippen molar-refractivity contribution in [2.75, 3.05) is 10.8 Å². The molecule has 0 aliphatic heterocycles. The van der Waals surface area contributed by atoms with Crippen molar-refractivity contribution < 1.29 is 18.0 Å². The van der Waals surface area contributed by atoms with Gasteiger partial charge in [0.25, 0.3) is 10.0 Å². The molecular formula is C31H37N3O4S. The van der Waals surface area contributed by atoms with Crippen LogP contribution in [0.1, 0.15) is 50.2 Å². The van der Waals surface area contributed by atoms with Crippen LogP contribution in [0.3, 0.4) is 0 Å². The average Bonchev–Trinajstić information content (AvgIpc) is 3.46.